The van der Waals surface area contributed by atoms with Crippen molar-refractivity contribution >= 4 is 11.6 Å². The predicted molar refractivity (Wildman–Crippen MR) is 76.7 cm³/mol. The van der Waals surface area contributed by atoms with Crippen LogP contribution in [0.1, 0.15) is 68.2 Å². The van der Waals surface area contributed by atoms with E-state index in [2.05, 4.69) is 58.7 Å². The Labute approximate surface area is 112 Å². The summed E-state index contributed by atoms with van der Waals surface area (Å²) in [5.41, 5.74) is 0.452. The number of rotatable bonds is 4. The average Bonchev–Trinajstić information content (AvgIpc) is 1.92. The Morgan fingerprint density at radius 2 is 1.41 bits per heavy atom. The van der Waals surface area contributed by atoms with Gasteiger partial charge in [0.25, 0.3) is 0 Å². The van der Waals surface area contributed by atoms with Crippen LogP contribution >= 0.6 is 11.6 Å². The molecule has 0 spiro atoms. The van der Waals surface area contributed by atoms with Gasteiger partial charge in [0.15, 0.2) is 5.00 Å². The number of halogens is 1. The van der Waals surface area contributed by atoms with E-state index in [0.29, 0.717) is 0 Å². The van der Waals surface area contributed by atoms with Gasteiger partial charge >= 0.3 is 0 Å². The van der Waals surface area contributed by atoms with Crippen LogP contribution in [0.2, 0.25) is 0 Å². The van der Waals surface area contributed by atoms with Gasteiger partial charge in [-0.05, 0) is 37.5 Å². The zero-order valence-corrected chi connectivity index (χ0v) is 13.5. The Morgan fingerprint density at radius 3 is 1.76 bits per heavy atom. The van der Waals surface area contributed by atoms with Crippen molar-refractivity contribution in [3.63, 3.8) is 0 Å². The second-order valence-corrected chi connectivity index (χ2v) is 8.52. The minimum atomic E-state index is -0.579. The van der Waals surface area contributed by atoms with Crippen LogP contribution in [0.25, 0.3) is 0 Å². The molecule has 0 aliphatic carbocycles. The van der Waals surface area contributed by atoms with Gasteiger partial charge in [-0.2, -0.15) is 10.2 Å². The van der Waals surface area contributed by atoms with Gasteiger partial charge in [-0.15, -0.1) is 0 Å². The van der Waals surface area contributed by atoms with Gasteiger partial charge in [0.05, 0.1) is 6.04 Å². The molecule has 2 nitrogen and oxygen atoms in total. The van der Waals surface area contributed by atoms with E-state index in [9.17, 15) is 0 Å². The summed E-state index contributed by atoms with van der Waals surface area (Å²) in [6.07, 6.45) is 1.85. The Morgan fingerprint density at radius 1 is 0.941 bits per heavy atom. The fraction of sp³-hybridized carbons (Fsp3) is 1.00. The molecule has 3 heteroatoms. The first-order valence-corrected chi connectivity index (χ1v) is 6.80. The third kappa shape index (κ3) is 10.7. The van der Waals surface area contributed by atoms with Crippen molar-refractivity contribution in [1.29, 1.82) is 0 Å². The molecular weight excluding hydrogens is 232 g/mol. The van der Waals surface area contributed by atoms with E-state index in [1.165, 1.54) is 0 Å². The summed E-state index contributed by atoms with van der Waals surface area (Å²) < 4.78 is 0. The lowest BCUT2D eigenvalue weighted by Crippen LogP contribution is -2.22. The molecular formula is C14H29ClN2. The number of nitrogens with zero attached hydrogens (tertiary/aromatic N) is 2. The van der Waals surface area contributed by atoms with E-state index >= 15 is 0 Å². The van der Waals surface area contributed by atoms with E-state index in [0.717, 1.165) is 12.8 Å². The number of hydrogen-bond donors (Lipinski definition) is 0. The SMILES string of the molecule is CC(CC(C)(C)C)N=NC(C)(Cl)CC(C)(C)C. The molecule has 2 atom stereocenters. The first kappa shape index (κ1) is 16.9. The molecule has 0 aliphatic rings. The van der Waals surface area contributed by atoms with Crippen molar-refractivity contribution in [3.8, 4) is 0 Å². The molecule has 0 aromatic heterocycles. The average molecular weight is 261 g/mol. The zero-order valence-electron chi connectivity index (χ0n) is 12.8. The van der Waals surface area contributed by atoms with Crippen LogP contribution in [0.4, 0.5) is 0 Å². The number of alkyl halides is 1. The van der Waals surface area contributed by atoms with Crippen LogP contribution in [-0.4, -0.2) is 11.0 Å². The molecule has 0 bridgehead atoms. The van der Waals surface area contributed by atoms with Crippen molar-refractivity contribution < 1.29 is 0 Å². The maximum absolute atomic E-state index is 6.38. The normalized spacial score (nSPS) is 19.4. The van der Waals surface area contributed by atoms with Crippen molar-refractivity contribution in [2.24, 2.45) is 21.1 Å². The molecule has 0 saturated heterocycles. The van der Waals surface area contributed by atoms with Crippen molar-refractivity contribution in [1.82, 2.24) is 0 Å². The van der Waals surface area contributed by atoms with Crippen LogP contribution in [0.3, 0.4) is 0 Å². The zero-order chi connectivity index (χ0) is 13.9. The first-order valence-electron chi connectivity index (χ1n) is 6.42. The van der Waals surface area contributed by atoms with Gasteiger partial charge in [-0.25, -0.2) is 0 Å². The van der Waals surface area contributed by atoms with Gasteiger partial charge in [-0.1, -0.05) is 53.1 Å². The second kappa shape index (κ2) is 5.69. The lowest BCUT2D eigenvalue weighted by Gasteiger charge is -2.27. The third-order valence-electron chi connectivity index (χ3n) is 2.22. The highest BCUT2D eigenvalue weighted by molar-refractivity contribution is 6.23. The predicted octanol–water partition coefficient (Wildman–Crippen LogP) is 5.65. The van der Waals surface area contributed by atoms with Crippen molar-refractivity contribution in [2.75, 3.05) is 0 Å². The Balaban J connectivity index is 4.40. The monoisotopic (exact) mass is 260 g/mol. The highest BCUT2D eigenvalue weighted by atomic mass is 35.5. The van der Waals surface area contributed by atoms with E-state index < -0.39 is 5.00 Å². The summed E-state index contributed by atoms with van der Waals surface area (Å²) in [5.74, 6) is 0. The minimum Gasteiger partial charge on any atom is -0.189 e. The molecule has 102 valence electrons. The molecule has 0 aromatic carbocycles. The van der Waals surface area contributed by atoms with Gasteiger partial charge in [-0.3, -0.25) is 0 Å². The van der Waals surface area contributed by atoms with Crippen molar-refractivity contribution in [2.45, 2.75) is 79.3 Å². The maximum Gasteiger partial charge on any atom is 0.152 e. The Hall–Kier alpha value is -0.110. The standard InChI is InChI=1S/C14H29ClN2/c1-11(9-12(2,3)4)16-17-14(8,15)10-13(5,6)7/h11H,9-10H2,1-8H3. The van der Waals surface area contributed by atoms with Gasteiger partial charge in [0, 0.05) is 0 Å². The van der Waals surface area contributed by atoms with Gasteiger partial charge in [0.2, 0.25) is 0 Å². The first-order chi connectivity index (χ1) is 7.31. The summed E-state index contributed by atoms with van der Waals surface area (Å²) in [5, 5.41) is 8.67. The minimum absolute atomic E-state index is 0.169. The summed E-state index contributed by atoms with van der Waals surface area (Å²) in [6.45, 7) is 17.2. The molecule has 0 radical (unpaired) electrons. The molecule has 0 N–H and O–H groups in total. The molecule has 0 aliphatic heterocycles. The quantitative estimate of drug-likeness (QED) is 0.354. The molecule has 17 heavy (non-hydrogen) atoms. The fourth-order valence-electron chi connectivity index (χ4n) is 2.15. The van der Waals surface area contributed by atoms with Gasteiger partial charge < -0.3 is 0 Å². The maximum atomic E-state index is 6.38. The van der Waals surface area contributed by atoms with E-state index in [1.54, 1.807) is 0 Å². The summed E-state index contributed by atoms with van der Waals surface area (Å²) in [6, 6.07) is 0.230. The van der Waals surface area contributed by atoms with Crippen LogP contribution in [0.5, 0.6) is 0 Å². The van der Waals surface area contributed by atoms with E-state index in [-0.39, 0.29) is 16.9 Å². The molecule has 0 saturated carbocycles. The van der Waals surface area contributed by atoms with Gasteiger partial charge in [0.1, 0.15) is 0 Å². The second-order valence-electron chi connectivity index (χ2n) is 7.71. The number of azo groups is 1. The third-order valence-corrected chi connectivity index (χ3v) is 2.43. The van der Waals surface area contributed by atoms with Crippen LogP contribution in [0, 0.1) is 10.8 Å². The molecule has 0 fully saturated rings. The molecule has 0 aromatic rings. The number of hydrogen-bond acceptors (Lipinski definition) is 2. The highest BCUT2D eigenvalue weighted by Crippen LogP contribution is 2.33. The molecule has 0 heterocycles. The Kier molecular flexibility index (Phi) is 5.65. The lowest BCUT2D eigenvalue weighted by atomic mass is 9.88. The highest BCUT2D eigenvalue weighted by Gasteiger charge is 2.27. The molecule has 0 rings (SSSR count). The molecule has 0 amide bonds. The van der Waals surface area contributed by atoms with Crippen LogP contribution < -0.4 is 0 Å². The largest absolute Gasteiger partial charge is 0.189 e. The fourth-order valence-corrected chi connectivity index (χ4v) is 2.59. The summed E-state index contributed by atoms with van der Waals surface area (Å²) >= 11 is 6.38. The van der Waals surface area contributed by atoms with Crippen LogP contribution in [0.15, 0.2) is 10.2 Å². The summed E-state index contributed by atoms with van der Waals surface area (Å²) in [7, 11) is 0. The van der Waals surface area contributed by atoms with Crippen LogP contribution in [-0.2, 0) is 0 Å². The lowest BCUT2D eigenvalue weighted by molar-refractivity contribution is 0.310. The topological polar surface area (TPSA) is 24.7 Å². The van der Waals surface area contributed by atoms with Crippen molar-refractivity contribution in [3.05, 3.63) is 0 Å². The smallest absolute Gasteiger partial charge is 0.152 e. The molecule has 2 unspecified atom stereocenters. The summed E-state index contributed by atoms with van der Waals surface area (Å²) in [4.78, 5) is -0.579. The van der Waals surface area contributed by atoms with E-state index in [4.69, 9.17) is 11.6 Å². The van der Waals surface area contributed by atoms with E-state index in [1.807, 2.05) is 6.92 Å². The Bertz CT molecular complexity index is 256.